The van der Waals surface area contributed by atoms with Crippen molar-refractivity contribution in [3.63, 3.8) is 0 Å². The van der Waals surface area contributed by atoms with Crippen molar-refractivity contribution in [1.82, 2.24) is 5.32 Å². The largest absolute Gasteiger partial charge is 0.374 e. The van der Waals surface area contributed by atoms with Gasteiger partial charge in [-0.3, -0.25) is 0 Å². The average Bonchev–Trinajstić information content (AvgIpc) is 2.77. The second-order valence-corrected chi connectivity index (χ2v) is 7.45. The lowest BCUT2D eigenvalue weighted by Crippen LogP contribution is -2.49. The van der Waals surface area contributed by atoms with Crippen LogP contribution in [0.1, 0.15) is 52.9 Å². The Morgan fingerprint density at radius 2 is 2.28 bits per heavy atom. The van der Waals surface area contributed by atoms with E-state index < -0.39 is 0 Å². The van der Waals surface area contributed by atoms with E-state index in [1.54, 1.807) is 0 Å². The van der Waals surface area contributed by atoms with Gasteiger partial charge in [-0.1, -0.05) is 20.3 Å². The van der Waals surface area contributed by atoms with Crippen LogP contribution in [0.2, 0.25) is 0 Å². The molecule has 0 aromatic rings. The van der Waals surface area contributed by atoms with E-state index in [0.29, 0.717) is 12.1 Å². The molecule has 2 aliphatic heterocycles. The van der Waals surface area contributed by atoms with Crippen LogP contribution in [0, 0.1) is 5.92 Å². The molecule has 0 aromatic carbocycles. The van der Waals surface area contributed by atoms with Crippen LogP contribution in [0.5, 0.6) is 0 Å². The summed E-state index contributed by atoms with van der Waals surface area (Å²) >= 11 is 2.06. The lowest BCUT2D eigenvalue weighted by molar-refractivity contribution is -0.0713. The van der Waals surface area contributed by atoms with E-state index in [4.69, 9.17) is 4.74 Å². The maximum absolute atomic E-state index is 6.08. The summed E-state index contributed by atoms with van der Waals surface area (Å²) in [6.45, 7) is 7.94. The first-order valence-electron chi connectivity index (χ1n) is 7.61. The van der Waals surface area contributed by atoms with Crippen LogP contribution in [0.4, 0.5) is 0 Å². The van der Waals surface area contributed by atoms with Gasteiger partial charge in [0.15, 0.2) is 0 Å². The fraction of sp³-hybridized carbons (Fsp3) is 1.00. The van der Waals surface area contributed by atoms with Crippen molar-refractivity contribution >= 4 is 11.8 Å². The van der Waals surface area contributed by atoms with E-state index in [9.17, 15) is 0 Å². The van der Waals surface area contributed by atoms with Crippen molar-refractivity contribution in [1.29, 1.82) is 0 Å². The molecule has 0 aliphatic carbocycles. The molecule has 3 heteroatoms. The first-order valence-corrected chi connectivity index (χ1v) is 8.77. The molecule has 2 aliphatic rings. The molecule has 106 valence electrons. The topological polar surface area (TPSA) is 21.3 Å². The molecule has 4 unspecified atom stereocenters. The second kappa shape index (κ2) is 6.62. The van der Waals surface area contributed by atoms with Crippen LogP contribution in [-0.4, -0.2) is 35.8 Å². The maximum Gasteiger partial charge on any atom is 0.0795 e. The Balaban J connectivity index is 1.78. The number of ether oxygens (including phenoxy) is 1. The SMILES string of the molecule is CCC(C)CC(C)NC1CCOC2(CCSC2)C1. The predicted molar refractivity (Wildman–Crippen MR) is 80.3 cm³/mol. The van der Waals surface area contributed by atoms with Gasteiger partial charge in [0.05, 0.1) is 5.60 Å². The molecule has 0 radical (unpaired) electrons. The third kappa shape index (κ3) is 3.88. The summed E-state index contributed by atoms with van der Waals surface area (Å²) in [7, 11) is 0. The monoisotopic (exact) mass is 271 g/mol. The molecular formula is C15H29NOS. The third-order valence-corrected chi connectivity index (χ3v) is 5.76. The Morgan fingerprint density at radius 3 is 2.94 bits per heavy atom. The summed E-state index contributed by atoms with van der Waals surface area (Å²) in [6.07, 6.45) is 6.27. The van der Waals surface area contributed by atoms with Crippen LogP contribution in [-0.2, 0) is 4.74 Å². The zero-order valence-corrected chi connectivity index (χ0v) is 13.0. The Morgan fingerprint density at radius 1 is 1.44 bits per heavy atom. The molecule has 0 saturated carbocycles. The Bertz CT molecular complexity index is 253. The highest BCUT2D eigenvalue weighted by atomic mass is 32.2. The van der Waals surface area contributed by atoms with Gasteiger partial charge in [0.25, 0.3) is 0 Å². The standard InChI is InChI=1S/C15H29NOS/c1-4-12(2)9-13(3)16-14-5-7-17-15(10-14)6-8-18-11-15/h12-14,16H,4-11H2,1-3H3. The van der Waals surface area contributed by atoms with Crippen LogP contribution in [0.3, 0.4) is 0 Å². The van der Waals surface area contributed by atoms with E-state index in [1.807, 2.05) is 0 Å². The molecular weight excluding hydrogens is 242 g/mol. The van der Waals surface area contributed by atoms with Crippen molar-refractivity contribution in [2.45, 2.75) is 70.6 Å². The van der Waals surface area contributed by atoms with Gasteiger partial charge >= 0.3 is 0 Å². The summed E-state index contributed by atoms with van der Waals surface area (Å²) in [5, 5.41) is 3.85. The first-order chi connectivity index (χ1) is 8.63. The molecule has 2 rings (SSSR count). The lowest BCUT2D eigenvalue weighted by atomic mass is 9.89. The van der Waals surface area contributed by atoms with Gasteiger partial charge in [-0.15, -0.1) is 0 Å². The quantitative estimate of drug-likeness (QED) is 0.827. The maximum atomic E-state index is 6.08. The molecule has 2 heterocycles. The molecule has 2 fully saturated rings. The van der Waals surface area contributed by atoms with Gasteiger partial charge in [-0.05, 0) is 44.3 Å². The summed E-state index contributed by atoms with van der Waals surface area (Å²) in [5.74, 6) is 3.34. The molecule has 2 nitrogen and oxygen atoms in total. The summed E-state index contributed by atoms with van der Waals surface area (Å²) in [5.41, 5.74) is 0.219. The highest BCUT2D eigenvalue weighted by Crippen LogP contribution is 2.38. The first kappa shape index (κ1) is 14.7. The van der Waals surface area contributed by atoms with Gasteiger partial charge in [0.1, 0.15) is 0 Å². The summed E-state index contributed by atoms with van der Waals surface area (Å²) < 4.78 is 6.08. The van der Waals surface area contributed by atoms with Gasteiger partial charge in [-0.2, -0.15) is 11.8 Å². The van der Waals surface area contributed by atoms with E-state index in [2.05, 4.69) is 37.8 Å². The van der Waals surface area contributed by atoms with Gasteiger partial charge in [0, 0.05) is 24.4 Å². The highest BCUT2D eigenvalue weighted by Gasteiger charge is 2.40. The van der Waals surface area contributed by atoms with E-state index in [-0.39, 0.29) is 5.60 Å². The Labute approximate surface area is 117 Å². The van der Waals surface area contributed by atoms with Crippen molar-refractivity contribution in [2.24, 2.45) is 5.92 Å². The Kier molecular flexibility index (Phi) is 5.40. The van der Waals surface area contributed by atoms with E-state index in [1.165, 1.54) is 43.6 Å². The molecule has 1 N–H and O–H groups in total. The van der Waals surface area contributed by atoms with Crippen molar-refractivity contribution in [3.05, 3.63) is 0 Å². The van der Waals surface area contributed by atoms with Gasteiger partial charge < -0.3 is 10.1 Å². The number of rotatable bonds is 5. The van der Waals surface area contributed by atoms with Crippen molar-refractivity contribution in [3.8, 4) is 0 Å². The normalized spacial score (nSPS) is 35.8. The number of hydrogen-bond acceptors (Lipinski definition) is 3. The predicted octanol–water partition coefficient (Wildman–Crippen LogP) is 3.46. The molecule has 1 spiro atoms. The molecule has 0 amide bonds. The fourth-order valence-corrected chi connectivity index (χ4v) is 4.65. The fourth-order valence-electron chi connectivity index (χ4n) is 3.27. The zero-order valence-electron chi connectivity index (χ0n) is 12.2. The van der Waals surface area contributed by atoms with E-state index >= 15 is 0 Å². The molecule has 0 bridgehead atoms. The van der Waals surface area contributed by atoms with Crippen LogP contribution >= 0.6 is 11.8 Å². The smallest absolute Gasteiger partial charge is 0.0795 e. The second-order valence-electron chi connectivity index (χ2n) is 6.34. The lowest BCUT2D eigenvalue weighted by Gasteiger charge is -2.39. The van der Waals surface area contributed by atoms with Crippen LogP contribution < -0.4 is 5.32 Å². The molecule has 2 saturated heterocycles. The summed E-state index contributed by atoms with van der Waals surface area (Å²) in [4.78, 5) is 0. The highest BCUT2D eigenvalue weighted by molar-refractivity contribution is 7.99. The zero-order chi connectivity index (χ0) is 13.0. The number of thioether (sulfide) groups is 1. The summed E-state index contributed by atoms with van der Waals surface area (Å²) in [6, 6.07) is 1.32. The van der Waals surface area contributed by atoms with Crippen LogP contribution in [0.15, 0.2) is 0 Å². The molecule has 4 atom stereocenters. The minimum absolute atomic E-state index is 0.219. The van der Waals surface area contributed by atoms with Gasteiger partial charge in [-0.25, -0.2) is 0 Å². The van der Waals surface area contributed by atoms with Crippen molar-refractivity contribution in [2.75, 3.05) is 18.1 Å². The Hall–Kier alpha value is 0.270. The van der Waals surface area contributed by atoms with E-state index in [0.717, 1.165) is 12.5 Å². The third-order valence-electron chi connectivity index (χ3n) is 4.53. The minimum atomic E-state index is 0.219. The average molecular weight is 271 g/mol. The minimum Gasteiger partial charge on any atom is -0.374 e. The van der Waals surface area contributed by atoms with Crippen molar-refractivity contribution < 1.29 is 4.74 Å². The van der Waals surface area contributed by atoms with Crippen LogP contribution in [0.25, 0.3) is 0 Å². The molecule has 18 heavy (non-hydrogen) atoms. The number of nitrogens with one attached hydrogen (secondary N) is 1. The number of hydrogen-bond donors (Lipinski definition) is 1. The molecule has 0 aromatic heterocycles. The van der Waals surface area contributed by atoms with Gasteiger partial charge in [0.2, 0.25) is 0 Å².